The first kappa shape index (κ1) is 17.7. The van der Waals surface area contributed by atoms with Crippen molar-refractivity contribution in [2.75, 3.05) is 20.0 Å². The third-order valence-electron chi connectivity index (χ3n) is 3.26. The molecule has 6 heteroatoms. The van der Waals surface area contributed by atoms with Gasteiger partial charge in [0, 0.05) is 18.3 Å². The monoisotopic (exact) mass is 346 g/mol. The van der Waals surface area contributed by atoms with Crippen LogP contribution in [-0.2, 0) is 0 Å². The van der Waals surface area contributed by atoms with Gasteiger partial charge in [0.1, 0.15) is 5.75 Å². The highest BCUT2D eigenvalue weighted by Crippen LogP contribution is 2.34. The number of aryl methyl sites for hydroxylation is 1. The number of benzene rings is 2. The number of rotatable bonds is 6. The van der Waals surface area contributed by atoms with E-state index in [0.29, 0.717) is 28.0 Å². The van der Waals surface area contributed by atoms with Crippen molar-refractivity contribution in [3.8, 4) is 17.2 Å². The second-order valence-electron chi connectivity index (χ2n) is 4.90. The van der Waals surface area contributed by atoms with Crippen LogP contribution in [0.2, 0.25) is 5.02 Å². The van der Waals surface area contributed by atoms with Gasteiger partial charge in [-0.05, 0) is 36.8 Å². The Morgan fingerprint density at radius 3 is 2.46 bits per heavy atom. The van der Waals surface area contributed by atoms with Crippen LogP contribution in [-0.4, -0.2) is 20.4 Å². The van der Waals surface area contributed by atoms with Crippen LogP contribution in [0.15, 0.2) is 47.7 Å². The van der Waals surface area contributed by atoms with E-state index in [4.69, 9.17) is 31.5 Å². The van der Waals surface area contributed by atoms with E-state index >= 15 is 0 Å². The molecule has 126 valence electrons. The molecule has 0 unspecified atom stereocenters. The van der Waals surface area contributed by atoms with Crippen molar-refractivity contribution in [3.05, 3.63) is 53.3 Å². The molecule has 2 rings (SSSR count). The molecule has 2 aromatic carbocycles. The van der Waals surface area contributed by atoms with E-state index in [1.165, 1.54) is 6.26 Å². The zero-order chi connectivity index (χ0) is 17.5. The summed E-state index contributed by atoms with van der Waals surface area (Å²) < 4.78 is 16.0. The molecule has 0 saturated heterocycles. The van der Waals surface area contributed by atoms with E-state index in [1.54, 1.807) is 44.7 Å². The summed E-state index contributed by atoms with van der Waals surface area (Å²) in [4.78, 5) is 4.38. The predicted molar refractivity (Wildman–Crippen MR) is 98.1 cm³/mol. The van der Waals surface area contributed by atoms with Gasteiger partial charge < -0.3 is 19.9 Å². The number of aliphatic imine (C=N–C) groups is 1. The predicted octanol–water partition coefficient (Wildman–Crippen LogP) is 4.54. The van der Waals surface area contributed by atoms with Crippen molar-refractivity contribution in [2.45, 2.75) is 6.92 Å². The second kappa shape index (κ2) is 8.26. The first-order valence-corrected chi connectivity index (χ1v) is 7.56. The number of hydrogen-bond donors (Lipinski definition) is 1. The maximum Gasteiger partial charge on any atom is 0.162 e. The molecule has 2 aromatic rings. The average Bonchev–Trinajstić information content (AvgIpc) is 2.58. The maximum atomic E-state index is 5.93. The van der Waals surface area contributed by atoms with Crippen molar-refractivity contribution in [2.24, 2.45) is 4.99 Å². The zero-order valence-electron chi connectivity index (χ0n) is 13.7. The standard InChI is InChI=1S/C18H19ClN2O3/c1-12-9-17(22-2)18(23-3)11-16(12)21-7-4-8-24-13-5-6-15(20)14(19)10-13/h4-11H,20H2,1-3H3/b8-4+,21-7?. The molecule has 0 fully saturated rings. The Morgan fingerprint density at radius 1 is 1.08 bits per heavy atom. The molecule has 0 bridgehead atoms. The summed E-state index contributed by atoms with van der Waals surface area (Å²) in [7, 11) is 3.19. The van der Waals surface area contributed by atoms with E-state index in [1.807, 2.05) is 19.1 Å². The molecule has 0 aliphatic carbocycles. The van der Waals surface area contributed by atoms with Gasteiger partial charge >= 0.3 is 0 Å². The first-order chi connectivity index (χ1) is 11.5. The van der Waals surface area contributed by atoms with Crippen LogP contribution < -0.4 is 19.9 Å². The molecule has 0 amide bonds. The molecule has 0 spiro atoms. The number of anilines is 1. The van der Waals surface area contributed by atoms with Crippen LogP contribution in [0.5, 0.6) is 17.2 Å². The average molecular weight is 347 g/mol. The molecule has 0 aliphatic heterocycles. The fraction of sp³-hybridized carbons (Fsp3) is 0.167. The Balaban J connectivity index is 2.04. The summed E-state index contributed by atoms with van der Waals surface area (Å²) in [5.41, 5.74) is 7.92. The highest BCUT2D eigenvalue weighted by Gasteiger charge is 2.07. The third-order valence-corrected chi connectivity index (χ3v) is 3.58. The van der Waals surface area contributed by atoms with Crippen LogP contribution in [0.1, 0.15) is 5.56 Å². The molecule has 5 nitrogen and oxygen atoms in total. The summed E-state index contributed by atoms with van der Waals surface area (Å²) in [5.74, 6) is 1.90. The number of nitrogens with zero attached hydrogens (tertiary/aromatic N) is 1. The van der Waals surface area contributed by atoms with Gasteiger partial charge in [-0.1, -0.05) is 11.6 Å². The minimum absolute atomic E-state index is 0.454. The van der Waals surface area contributed by atoms with E-state index in [2.05, 4.69) is 4.99 Å². The normalized spacial score (nSPS) is 11.2. The van der Waals surface area contributed by atoms with Gasteiger partial charge in [0.2, 0.25) is 0 Å². The molecule has 0 aliphatic rings. The quantitative estimate of drug-likeness (QED) is 0.473. The highest BCUT2D eigenvalue weighted by atomic mass is 35.5. The van der Waals surface area contributed by atoms with E-state index in [0.717, 1.165) is 11.3 Å². The molecule has 0 heterocycles. The SMILES string of the molecule is COc1cc(C)c(N=C/C=C/Oc2ccc(N)c(Cl)c2)cc1OC. The maximum absolute atomic E-state index is 5.93. The lowest BCUT2D eigenvalue weighted by atomic mass is 10.2. The lowest BCUT2D eigenvalue weighted by Crippen LogP contribution is -1.91. The van der Waals surface area contributed by atoms with Crippen molar-refractivity contribution in [1.82, 2.24) is 0 Å². The summed E-state index contributed by atoms with van der Waals surface area (Å²) >= 11 is 5.93. The molecular formula is C18H19ClN2O3. The second-order valence-corrected chi connectivity index (χ2v) is 5.31. The number of allylic oxidation sites excluding steroid dienone is 1. The van der Waals surface area contributed by atoms with E-state index < -0.39 is 0 Å². The fourth-order valence-electron chi connectivity index (χ4n) is 1.97. The largest absolute Gasteiger partial charge is 0.493 e. The van der Waals surface area contributed by atoms with Gasteiger partial charge in [0.25, 0.3) is 0 Å². The topological polar surface area (TPSA) is 66.1 Å². The summed E-state index contributed by atoms with van der Waals surface area (Å²) in [6.07, 6.45) is 4.83. The van der Waals surface area contributed by atoms with Gasteiger partial charge in [-0.25, -0.2) is 0 Å². The smallest absolute Gasteiger partial charge is 0.162 e. The van der Waals surface area contributed by atoms with Gasteiger partial charge in [-0.2, -0.15) is 0 Å². The van der Waals surface area contributed by atoms with Crippen LogP contribution in [0.25, 0.3) is 0 Å². The van der Waals surface area contributed by atoms with Crippen LogP contribution in [0, 0.1) is 6.92 Å². The van der Waals surface area contributed by atoms with Crippen molar-refractivity contribution in [1.29, 1.82) is 0 Å². The van der Waals surface area contributed by atoms with Crippen LogP contribution in [0.4, 0.5) is 11.4 Å². The number of methoxy groups -OCH3 is 2. The third kappa shape index (κ3) is 4.43. The van der Waals surface area contributed by atoms with Crippen molar-refractivity contribution >= 4 is 29.2 Å². The number of hydrogen-bond acceptors (Lipinski definition) is 5. The zero-order valence-corrected chi connectivity index (χ0v) is 14.5. The molecule has 0 atom stereocenters. The number of ether oxygens (including phenoxy) is 3. The molecule has 24 heavy (non-hydrogen) atoms. The molecular weight excluding hydrogens is 328 g/mol. The Hall–Kier alpha value is -2.66. The number of nitrogen functional groups attached to an aromatic ring is 1. The minimum Gasteiger partial charge on any atom is -0.493 e. The van der Waals surface area contributed by atoms with Gasteiger partial charge in [0.05, 0.1) is 36.9 Å². The van der Waals surface area contributed by atoms with E-state index in [-0.39, 0.29) is 0 Å². The number of halogens is 1. The van der Waals surface area contributed by atoms with Crippen LogP contribution in [0.3, 0.4) is 0 Å². The summed E-state index contributed by atoms with van der Waals surface area (Å²) in [5, 5.41) is 0.454. The lowest BCUT2D eigenvalue weighted by Gasteiger charge is -2.09. The van der Waals surface area contributed by atoms with Crippen molar-refractivity contribution in [3.63, 3.8) is 0 Å². The Morgan fingerprint density at radius 2 is 1.79 bits per heavy atom. The van der Waals surface area contributed by atoms with Gasteiger partial charge in [-0.3, -0.25) is 4.99 Å². The van der Waals surface area contributed by atoms with Gasteiger partial charge in [0.15, 0.2) is 11.5 Å². The van der Waals surface area contributed by atoms with Gasteiger partial charge in [-0.15, -0.1) is 0 Å². The minimum atomic E-state index is 0.454. The summed E-state index contributed by atoms with van der Waals surface area (Å²) in [6.45, 7) is 1.95. The molecule has 0 radical (unpaired) electrons. The van der Waals surface area contributed by atoms with Crippen molar-refractivity contribution < 1.29 is 14.2 Å². The summed E-state index contributed by atoms with van der Waals surface area (Å²) in [6, 6.07) is 8.77. The molecule has 0 aromatic heterocycles. The Labute approximate surface area is 146 Å². The lowest BCUT2D eigenvalue weighted by molar-refractivity contribution is 0.355. The number of nitrogens with two attached hydrogens (primary N) is 1. The van der Waals surface area contributed by atoms with Crippen LogP contribution >= 0.6 is 11.6 Å². The molecule has 2 N–H and O–H groups in total. The molecule has 0 saturated carbocycles. The highest BCUT2D eigenvalue weighted by molar-refractivity contribution is 6.33. The Bertz CT molecular complexity index is 773. The first-order valence-electron chi connectivity index (χ1n) is 7.18. The Kier molecular flexibility index (Phi) is 6.09. The fourth-order valence-corrected chi connectivity index (χ4v) is 2.14. The van der Waals surface area contributed by atoms with E-state index in [9.17, 15) is 0 Å².